The van der Waals surface area contributed by atoms with Crippen LogP contribution in [0.3, 0.4) is 0 Å². The number of fused-ring (bicyclic) bond motifs is 1. The van der Waals surface area contributed by atoms with E-state index in [4.69, 9.17) is 9.47 Å². The van der Waals surface area contributed by atoms with Crippen molar-refractivity contribution < 1.29 is 9.47 Å². The Labute approximate surface area is 134 Å². The molecule has 7 heteroatoms. The van der Waals surface area contributed by atoms with Crippen LogP contribution in [-0.2, 0) is 13.1 Å². The molecule has 0 bridgehead atoms. The number of aromatic nitrogens is 1. The Morgan fingerprint density at radius 2 is 2.14 bits per heavy atom. The van der Waals surface area contributed by atoms with Crippen LogP contribution in [0.1, 0.15) is 17.7 Å². The van der Waals surface area contributed by atoms with Crippen molar-refractivity contribution in [3.8, 4) is 11.5 Å². The molecule has 0 aliphatic carbocycles. The molecule has 1 aliphatic heterocycles. The van der Waals surface area contributed by atoms with E-state index in [0.29, 0.717) is 26.3 Å². The van der Waals surface area contributed by atoms with Gasteiger partial charge in [-0.1, -0.05) is 11.3 Å². The minimum absolute atomic E-state index is 0.0230. The molecule has 1 aromatic heterocycles. The van der Waals surface area contributed by atoms with Gasteiger partial charge in [-0.3, -0.25) is 4.79 Å². The molecule has 2 heterocycles. The maximum absolute atomic E-state index is 11.1. The molecule has 2 N–H and O–H groups in total. The van der Waals surface area contributed by atoms with Crippen LogP contribution in [0.25, 0.3) is 0 Å². The Morgan fingerprint density at radius 3 is 2.95 bits per heavy atom. The third-order valence-corrected chi connectivity index (χ3v) is 4.38. The third-order valence-electron chi connectivity index (χ3n) is 3.08. The first kappa shape index (κ1) is 14.6. The molecule has 5 nitrogen and oxygen atoms in total. The maximum Gasteiger partial charge on any atom is 0.304 e. The van der Waals surface area contributed by atoms with Crippen LogP contribution in [-0.4, -0.2) is 18.2 Å². The van der Waals surface area contributed by atoms with E-state index in [9.17, 15) is 4.79 Å². The van der Waals surface area contributed by atoms with Crippen molar-refractivity contribution >= 4 is 27.3 Å². The maximum atomic E-state index is 11.1. The number of hydrogen-bond acceptors (Lipinski definition) is 5. The molecule has 0 fully saturated rings. The number of rotatable bonds is 4. The van der Waals surface area contributed by atoms with Crippen LogP contribution < -0.4 is 19.7 Å². The zero-order chi connectivity index (χ0) is 14.7. The lowest BCUT2D eigenvalue weighted by Crippen LogP contribution is -2.14. The lowest BCUT2D eigenvalue weighted by molar-refractivity contribution is 0.296. The first-order chi connectivity index (χ1) is 10.2. The van der Waals surface area contributed by atoms with Gasteiger partial charge in [-0.05, 0) is 33.6 Å². The van der Waals surface area contributed by atoms with Gasteiger partial charge in [-0.2, -0.15) is 0 Å². The third kappa shape index (κ3) is 3.66. The standard InChI is InChI=1S/C14H15BrN2O3S/c15-11-4-9(5-12-13(11)20-3-1-2-19-12)6-16-7-10-8-21-14(18)17-10/h4-5,8,16H,1-3,6-7H2,(H,17,18). The first-order valence-electron chi connectivity index (χ1n) is 6.68. The second-order valence-electron chi connectivity index (χ2n) is 4.73. The lowest BCUT2D eigenvalue weighted by Gasteiger charge is -2.12. The molecular weight excluding hydrogens is 356 g/mol. The minimum atomic E-state index is -0.0230. The van der Waals surface area contributed by atoms with Crippen molar-refractivity contribution in [1.29, 1.82) is 0 Å². The van der Waals surface area contributed by atoms with Gasteiger partial charge >= 0.3 is 4.87 Å². The van der Waals surface area contributed by atoms with Crippen molar-refractivity contribution in [2.24, 2.45) is 0 Å². The van der Waals surface area contributed by atoms with Gasteiger partial charge in [0.25, 0.3) is 0 Å². The summed E-state index contributed by atoms with van der Waals surface area (Å²) in [5, 5.41) is 5.13. The molecule has 0 radical (unpaired) electrons. The van der Waals surface area contributed by atoms with Crippen molar-refractivity contribution in [3.05, 3.63) is 42.9 Å². The van der Waals surface area contributed by atoms with Gasteiger partial charge in [0.05, 0.1) is 17.7 Å². The molecule has 0 unspecified atom stereocenters. The molecule has 0 atom stereocenters. The van der Waals surface area contributed by atoms with E-state index in [1.54, 1.807) is 0 Å². The number of nitrogens with one attached hydrogen (secondary N) is 2. The fourth-order valence-electron chi connectivity index (χ4n) is 2.13. The molecule has 2 aromatic rings. The Bertz CT molecular complexity index is 683. The van der Waals surface area contributed by atoms with Gasteiger partial charge in [0, 0.05) is 30.6 Å². The summed E-state index contributed by atoms with van der Waals surface area (Å²) in [5.74, 6) is 1.56. The monoisotopic (exact) mass is 370 g/mol. The summed E-state index contributed by atoms with van der Waals surface area (Å²) in [6.07, 6.45) is 0.889. The van der Waals surface area contributed by atoms with Crippen LogP contribution in [0.15, 0.2) is 26.8 Å². The smallest absolute Gasteiger partial charge is 0.304 e. The van der Waals surface area contributed by atoms with Crippen LogP contribution in [0, 0.1) is 0 Å². The second-order valence-corrected chi connectivity index (χ2v) is 6.43. The Hall–Kier alpha value is -1.31. The lowest BCUT2D eigenvalue weighted by atomic mass is 10.2. The van der Waals surface area contributed by atoms with E-state index in [0.717, 1.165) is 33.6 Å². The van der Waals surface area contributed by atoms with E-state index < -0.39 is 0 Å². The van der Waals surface area contributed by atoms with Crippen LogP contribution >= 0.6 is 27.3 Å². The second kappa shape index (κ2) is 6.64. The summed E-state index contributed by atoms with van der Waals surface area (Å²) in [4.78, 5) is 13.8. The zero-order valence-electron chi connectivity index (χ0n) is 11.3. The molecule has 0 saturated carbocycles. The van der Waals surface area contributed by atoms with E-state index >= 15 is 0 Å². The van der Waals surface area contributed by atoms with Gasteiger partial charge in [-0.25, -0.2) is 0 Å². The molecule has 21 heavy (non-hydrogen) atoms. The van der Waals surface area contributed by atoms with Crippen LogP contribution in [0.5, 0.6) is 11.5 Å². The Morgan fingerprint density at radius 1 is 1.29 bits per heavy atom. The van der Waals surface area contributed by atoms with Crippen LogP contribution in [0.2, 0.25) is 0 Å². The number of thiazole rings is 1. The molecule has 0 spiro atoms. The topological polar surface area (TPSA) is 63.4 Å². The SMILES string of the molecule is O=c1[nH]c(CNCc2cc(Br)c3c(c2)OCCCO3)cs1. The summed E-state index contributed by atoms with van der Waals surface area (Å²) in [6.45, 7) is 2.67. The molecule has 3 rings (SSSR count). The van der Waals surface area contributed by atoms with Gasteiger partial charge in [0.1, 0.15) is 0 Å². The van der Waals surface area contributed by atoms with Crippen molar-refractivity contribution in [2.45, 2.75) is 19.5 Å². The number of H-pyrrole nitrogens is 1. The summed E-state index contributed by atoms with van der Waals surface area (Å²) in [6, 6.07) is 4.02. The quantitative estimate of drug-likeness (QED) is 0.868. The highest BCUT2D eigenvalue weighted by Crippen LogP contribution is 2.38. The Balaban J connectivity index is 1.67. The zero-order valence-corrected chi connectivity index (χ0v) is 13.7. The highest BCUT2D eigenvalue weighted by molar-refractivity contribution is 9.10. The molecule has 0 saturated heterocycles. The normalized spacial score (nSPS) is 14.0. The molecule has 112 valence electrons. The number of halogens is 1. The summed E-state index contributed by atoms with van der Waals surface area (Å²) in [5.41, 5.74) is 2.00. The summed E-state index contributed by atoms with van der Waals surface area (Å²) in [7, 11) is 0. The predicted octanol–water partition coefficient (Wildman–Crippen LogP) is 2.65. The largest absolute Gasteiger partial charge is 0.490 e. The molecule has 1 aliphatic rings. The van der Waals surface area contributed by atoms with E-state index in [1.165, 1.54) is 11.3 Å². The fraction of sp³-hybridized carbons (Fsp3) is 0.357. The summed E-state index contributed by atoms with van der Waals surface area (Å²) >= 11 is 4.71. The molecular formula is C14H15BrN2O3S. The predicted molar refractivity (Wildman–Crippen MR) is 85.2 cm³/mol. The van der Waals surface area contributed by atoms with Gasteiger partial charge in [0.2, 0.25) is 0 Å². The average molecular weight is 371 g/mol. The van der Waals surface area contributed by atoms with Crippen molar-refractivity contribution in [2.75, 3.05) is 13.2 Å². The minimum Gasteiger partial charge on any atom is -0.490 e. The first-order valence-corrected chi connectivity index (χ1v) is 8.35. The summed E-state index contributed by atoms with van der Waals surface area (Å²) < 4.78 is 12.3. The van der Waals surface area contributed by atoms with Crippen molar-refractivity contribution in [1.82, 2.24) is 10.3 Å². The average Bonchev–Trinajstić information content (AvgIpc) is 2.73. The van der Waals surface area contributed by atoms with Crippen molar-refractivity contribution in [3.63, 3.8) is 0 Å². The number of hydrogen-bond donors (Lipinski definition) is 2. The van der Waals surface area contributed by atoms with E-state index in [-0.39, 0.29) is 4.87 Å². The highest BCUT2D eigenvalue weighted by atomic mass is 79.9. The van der Waals surface area contributed by atoms with E-state index in [1.807, 2.05) is 17.5 Å². The molecule has 1 aromatic carbocycles. The van der Waals surface area contributed by atoms with Gasteiger partial charge < -0.3 is 19.8 Å². The van der Waals surface area contributed by atoms with E-state index in [2.05, 4.69) is 26.2 Å². The fourth-order valence-corrected chi connectivity index (χ4v) is 3.31. The van der Waals surface area contributed by atoms with Crippen LogP contribution in [0.4, 0.5) is 0 Å². The Kier molecular flexibility index (Phi) is 4.62. The van der Waals surface area contributed by atoms with Gasteiger partial charge in [0.15, 0.2) is 11.5 Å². The number of ether oxygens (including phenoxy) is 2. The number of benzene rings is 1. The highest BCUT2D eigenvalue weighted by Gasteiger charge is 2.15. The number of aromatic amines is 1. The molecule has 0 amide bonds. The van der Waals surface area contributed by atoms with Gasteiger partial charge in [-0.15, -0.1) is 0 Å².